The number of nitrogens with zero attached hydrogens (tertiary/aromatic N) is 2. The van der Waals surface area contributed by atoms with Crippen molar-refractivity contribution in [3.63, 3.8) is 0 Å². The molecular formula is C17H22BrN3. The molecule has 0 radical (unpaired) electrons. The van der Waals surface area contributed by atoms with Gasteiger partial charge in [0, 0.05) is 35.5 Å². The molecule has 0 aliphatic heterocycles. The van der Waals surface area contributed by atoms with Crippen LogP contribution in [-0.4, -0.2) is 29.5 Å². The SMILES string of the molecule is CC(N)C(c1ccc(Br)cc1)N(C)CCc1ccncc1. The van der Waals surface area contributed by atoms with Crippen LogP contribution in [0.15, 0.2) is 53.3 Å². The molecule has 2 unspecified atom stereocenters. The van der Waals surface area contributed by atoms with Gasteiger partial charge >= 0.3 is 0 Å². The lowest BCUT2D eigenvalue weighted by atomic mass is 9.99. The van der Waals surface area contributed by atoms with Crippen molar-refractivity contribution in [1.82, 2.24) is 9.88 Å². The second-order valence-corrected chi connectivity index (χ2v) is 6.36. The number of pyridine rings is 1. The van der Waals surface area contributed by atoms with Crippen LogP contribution in [0.1, 0.15) is 24.1 Å². The molecule has 0 amide bonds. The van der Waals surface area contributed by atoms with Crippen LogP contribution < -0.4 is 5.73 Å². The predicted molar refractivity (Wildman–Crippen MR) is 91.1 cm³/mol. The summed E-state index contributed by atoms with van der Waals surface area (Å²) in [7, 11) is 2.14. The Bertz CT molecular complexity index is 540. The molecule has 0 spiro atoms. The fraction of sp³-hybridized carbons (Fsp3) is 0.353. The van der Waals surface area contributed by atoms with E-state index in [9.17, 15) is 0 Å². The summed E-state index contributed by atoms with van der Waals surface area (Å²) in [5.74, 6) is 0. The highest BCUT2D eigenvalue weighted by Crippen LogP contribution is 2.24. The van der Waals surface area contributed by atoms with E-state index in [4.69, 9.17) is 5.73 Å². The highest BCUT2D eigenvalue weighted by atomic mass is 79.9. The molecule has 4 heteroatoms. The molecule has 0 aliphatic rings. The smallest absolute Gasteiger partial charge is 0.0493 e. The minimum atomic E-state index is 0.0774. The summed E-state index contributed by atoms with van der Waals surface area (Å²) in [6, 6.07) is 12.8. The van der Waals surface area contributed by atoms with Crippen molar-refractivity contribution in [2.75, 3.05) is 13.6 Å². The van der Waals surface area contributed by atoms with Gasteiger partial charge in [-0.15, -0.1) is 0 Å². The van der Waals surface area contributed by atoms with Gasteiger partial charge in [-0.3, -0.25) is 9.88 Å². The van der Waals surface area contributed by atoms with Crippen molar-refractivity contribution < 1.29 is 0 Å². The van der Waals surface area contributed by atoms with Crippen molar-refractivity contribution >= 4 is 15.9 Å². The largest absolute Gasteiger partial charge is 0.326 e. The van der Waals surface area contributed by atoms with Gasteiger partial charge in [0.05, 0.1) is 0 Å². The van der Waals surface area contributed by atoms with Crippen LogP contribution in [0.3, 0.4) is 0 Å². The van der Waals surface area contributed by atoms with E-state index in [-0.39, 0.29) is 12.1 Å². The summed E-state index contributed by atoms with van der Waals surface area (Å²) in [4.78, 5) is 6.38. The number of likely N-dealkylation sites (N-methyl/N-ethyl adjacent to an activating group) is 1. The Kier molecular flexibility index (Phi) is 5.91. The van der Waals surface area contributed by atoms with Crippen LogP contribution in [0.25, 0.3) is 0 Å². The highest BCUT2D eigenvalue weighted by molar-refractivity contribution is 9.10. The molecule has 2 atom stereocenters. The van der Waals surface area contributed by atoms with Gasteiger partial charge in [-0.1, -0.05) is 28.1 Å². The summed E-state index contributed by atoms with van der Waals surface area (Å²) >= 11 is 3.48. The molecule has 3 nitrogen and oxygen atoms in total. The molecule has 1 aromatic heterocycles. The predicted octanol–water partition coefficient (Wildman–Crippen LogP) is 3.41. The molecule has 0 aliphatic carbocycles. The van der Waals surface area contributed by atoms with Crippen LogP contribution >= 0.6 is 15.9 Å². The number of aromatic nitrogens is 1. The number of hydrogen-bond donors (Lipinski definition) is 1. The summed E-state index contributed by atoms with van der Waals surface area (Å²) in [6.07, 6.45) is 4.68. The molecular weight excluding hydrogens is 326 g/mol. The van der Waals surface area contributed by atoms with Gasteiger partial charge in [0.15, 0.2) is 0 Å². The fourth-order valence-corrected chi connectivity index (χ4v) is 2.88. The average Bonchev–Trinajstić information content (AvgIpc) is 2.48. The average molecular weight is 348 g/mol. The second kappa shape index (κ2) is 7.69. The Morgan fingerprint density at radius 2 is 1.76 bits per heavy atom. The van der Waals surface area contributed by atoms with E-state index in [0.717, 1.165) is 17.4 Å². The molecule has 21 heavy (non-hydrogen) atoms. The Balaban J connectivity index is 2.05. The number of rotatable bonds is 6. The molecule has 0 bridgehead atoms. The van der Waals surface area contributed by atoms with Gasteiger partial charge in [-0.25, -0.2) is 0 Å². The van der Waals surface area contributed by atoms with E-state index in [0.29, 0.717) is 0 Å². The van der Waals surface area contributed by atoms with Gasteiger partial charge in [0.1, 0.15) is 0 Å². The van der Waals surface area contributed by atoms with Gasteiger partial charge in [0.25, 0.3) is 0 Å². The monoisotopic (exact) mass is 347 g/mol. The maximum atomic E-state index is 6.21. The number of hydrogen-bond acceptors (Lipinski definition) is 3. The first-order valence-electron chi connectivity index (χ1n) is 7.18. The van der Waals surface area contributed by atoms with Crippen LogP contribution in [0, 0.1) is 0 Å². The zero-order chi connectivity index (χ0) is 15.2. The molecule has 0 saturated carbocycles. The summed E-state index contributed by atoms with van der Waals surface area (Å²) in [5, 5.41) is 0. The van der Waals surface area contributed by atoms with E-state index in [2.05, 4.69) is 76.2 Å². The number of halogens is 1. The van der Waals surface area contributed by atoms with Crippen molar-refractivity contribution in [1.29, 1.82) is 0 Å². The van der Waals surface area contributed by atoms with Crippen molar-refractivity contribution in [2.24, 2.45) is 5.73 Å². The van der Waals surface area contributed by atoms with Gasteiger partial charge in [-0.05, 0) is 55.8 Å². The lowest BCUT2D eigenvalue weighted by Crippen LogP contribution is -2.38. The van der Waals surface area contributed by atoms with Crippen molar-refractivity contribution in [2.45, 2.75) is 25.4 Å². The van der Waals surface area contributed by atoms with Gasteiger partial charge in [0.2, 0.25) is 0 Å². The van der Waals surface area contributed by atoms with Crippen molar-refractivity contribution in [3.05, 3.63) is 64.4 Å². The Morgan fingerprint density at radius 1 is 1.14 bits per heavy atom. The first-order valence-corrected chi connectivity index (χ1v) is 7.97. The molecule has 1 aromatic carbocycles. The number of nitrogens with two attached hydrogens (primary N) is 1. The van der Waals surface area contributed by atoms with E-state index < -0.39 is 0 Å². The third-order valence-corrected chi connectivity index (χ3v) is 4.22. The molecule has 1 heterocycles. The number of benzene rings is 1. The van der Waals surface area contributed by atoms with Gasteiger partial charge in [-0.2, -0.15) is 0 Å². The molecule has 2 aromatic rings. The molecule has 2 N–H and O–H groups in total. The first kappa shape index (κ1) is 16.1. The standard InChI is InChI=1S/C17H22BrN3/c1-13(19)17(15-3-5-16(18)6-4-15)21(2)12-9-14-7-10-20-11-8-14/h3-8,10-11,13,17H,9,12,19H2,1-2H3. The second-order valence-electron chi connectivity index (χ2n) is 5.44. The summed E-state index contributed by atoms with van der Waals surface area (Å²) < 4.78 is 1.09. The van der Waals surface area contributed by atoms with E-state index >= 15 is 0 Å². The normalized spacial score (nSPS) is 14.1. The minimum Gasteiger partial charge on any atom is -0.326 e. The molecule has 0 fully saturated rings. The zero-order valence-corrected chi connectivity index (χ0v) is 14.1. The van der Waals surface area contributed by atoms with Crippen LogP contribution in [0.5, 0.6) is 0 Å². The molecule has 0 saturated heterocycles. The zero-order valence-electron chi connectivity index (χ0n) is 12.5. The van der Waals surface area contributed by atoms with Crippen LogP contribution in [0.2, 0.25) is 0 Å². The highest BCUT2D eigenvalue weighted by Gasteiger charge is 2.20. The van der Waals surface area contributed by atoms with Gasteiger partial charge < -0.3 is 5.73 Å². The quantitative estimate of drug-likeness (QED) is 0.870. The third-order valence-electron chi connectivity index (χ3n) is 3.69. The van der Waals surface area contributed by atoms with E-state index in [1.807, 2.05) is 12.4 Å². The Hall–Kier alpha value is -1.23. The lowest BCUT2D eigenvalue weighted by Gasteiger charge is -2.31. The maximum Gasteiger partial charge on any atom is 0.0493 e. The summed E-state index contributed by atoms with van der Waals surface area (Å²) in [6.45, 7) is 3.03. The van der Waals surface area contributed by atoms with E-state index in [1.54, 1.807) is 0 Å². The topological polar surface area (TPSA) is 42.1 Å². The summed E-state index contributed by atoms with van der Waals surface area (Å²) in [5.41, 5.74) is 8.77. The maximum absolute atomic E-state index is 6.21. The van der Waals surface area contributed by atoms with Crippen LogP contribution in [0.4, 0.5) is 0 Å². The molecule has 112 valence electrons. The Labute approximate surface area is 135 Å². The Morgan fingerprint density at radius 3 is 2.33 bits per heavy atom. The lowest BCUT2D eigenvalue weighted by molar-refractivity contribution is 0.221. The van der Waals surface area contributed by atoms with Crippen LogP contribution in [-0.2, 0) is 6.42 Å². The van der Waals surface area contributed by atoms with E-state index in [1.165, 1.54) is 11.1 Å². The minimum absolute atomic E-state index is 0.0774. The fourth-order valence-electron chi connectivity index (χ4n) is 2.61. The van der Waals surface area contributed by atoms with Crippen molar-refractivity contribution in [3.8, 4) is 0 Å². The third kappa shape index (κ3) is 4.63. The first-order chi connectivity index (χ1) is 10.1. The molecule has 2 rings (SSSR count).